The van der Waals surface area contributed by atoms with Gasteiger partial charge in [0.15, 0.2) is 0 Å². The van der Waals surface area contributed by atoms with E-state index in [-0.39, 0.29) is 5.54 Å². The number of nitrogens with one attached hydrogen (secondary N) is 1. The molecule has 0 amide bonds. The summed E-state index contributed by atoms with van der Waals surface area (Å²) in [5.74, 6) is 0.867. The highest BCUT2D eigenvalue weighted by Gasteiger charge is 2.09. The van der Waals surface area contributed by atoms with Crippen LogP contribution in [0.1, 0.15) is 25.8 Å². The van der Waals surface area contributed by atoms with Gasteiger partial charge >= 0.3 is 0 Å². The molecule has 0 fully saturated rings. The van der Waals surface area contributed by atoms with E-state index < -0.39 is 0 Å². The van der Waals surface area contributed by atoms with Crippen LogP contribution in [0.15, 0.2) is 29.6 Å². The van der Waals surface area contributed by atoms with Crippen LogP contribution in [0.4, 0.5) is 0 Å². The third-order valence-corrected chi connectivity index (χ3v) is 3.82. The van der Waals surface area contributed by atoms with Gasteiger partial charge in [0.1, 0.15) is 5.75 Å². The second-order valence-electron chi connectivity index (χ2n) is 5.79. The average molecular weight is 290 g/mol. The van der Waals surface area contributed by atoms with Crippen LogP contribution >= 0.6 is 11.3 Å². The summed E-state index contributed by atoms with van der Waals surface area (Å²) in [6.45, 7) is 7.48. The Morgan fingerprint density at radius 2 is 2.10 bits per heavy atom. The Hall–Kier alpha value is -1.39. The summed E-state index contributed by atoms with van der Waals surface area (Å²) in [5, 5.41) is 6.76. The van der Waals surface area contributed by atoms with Gasteiger partial charge in [0, 0.05) is 29.4 Å². The number of benzene rings is 1. The fourth-order valence-corrected chi connectivity index (χ4v) is 2.69. The molecule has 108 valence electrons. The smallest absolute Gasteiger partial charge is 0.119 e. The van der Waals surface area contributed by atoms with Gasteiger partial charge in [-0.05, 0) is 32.9 Å². The average Bonchev–Trinajstić information content (AvgIpc) is 2.86. The van der Waals surface area contributed by atoms with E-state index in [4.69, 9.17) is 9.72 Å². The van der Waals surface area contributed by atoms with Gasteiger partial charge in [0.2, 0.25) is 0 Å². The van der Waals surface area contributed by atoms with Crippen molar-refractivity contribution in [2.45, 2.75) is 32.7 Å². The first kappa shape index (κ1) is 15.0. The number of thiazole rings is 1. The molecule has 1 aromatic carbocycles. The summed E-state index contributed by atoms with van der Waals surface area (Å²) in [4.78, 5) is 4.70. The van der Waals surface area contributed by atoms with Crippen LogP contribution in [0.3, 0.4) is 0 Å². The number of aromatic nitrogens is 1. The maximum Gasteiger partial charge on any atom is 0.119 e. The first-order valence-corrected chi connectivity index (χ1v) is 7.70. The lowest BCUT2D eigenvalue weighted by atomic mass is 10.1. The summed E-state index contributed by atoms with van der Waals surface area (Å²) in [6.07, 6.45) is 0.964. The summed E-state index contributed by atoms with van der Waals surface area (Å²) in [7, 11) is 1.68. The van der Waals surface area contributed by atoms with Crippen molar-refractivity contribution in [3.63, 3.8) is 0 Å². The number of methoxy groups -OCH3 is 1. The Balaban J connectivity index is 2.01. The van der Waals surface area contributed by atoms with Gasteiger partial charge in [-0.1, -0.05) is 12.1 Å². The van der Waals surface area contributed by atoms with Gasteiger partial charge in [-0.25, -0.2) is 4.98 Å². The van der Waals surface area contributed by atoms with Crippen LogP contribution in [0, 0.1) is 0 Å². The Kier molecular flexibility index (Phi) is 4.78. The molecule has 20 heavy (non-hydrogen) atoms. The number of hydrogen-bond donors (Lipinski definition) is 1. The van der Waals surface area contributed by atoms with Crippen molar-refractivity contribution in [1.29, 1.82) is 0 Å². The maximum atomic E-state index is 5.25. The van der Waals surface area contributed by atoms with Crippen LogP contribution in [-0.4, -0.2) is 24.2 Å². The predicted molar refractivity (Wildman–Crippen MR) is 85.6 cm³/mol. The molecule has 0 radical (unpaired) electrons. The fourth-order valence-electron chi connectivity index (χ4n) is 1.89. The normalized spacial score (nSPS) is 11.6. The Labute approximate surface area is 125 Å². The third-order valence-electron chi connectivity index (χ3n) is 2.91. The van der Waals surface area contributed by atoms with Crippen molar-refractivity contribution < 1.29 is 4.74 Å². The molecular formula is C16H22N2OS. The minimum Gasteiger partial charge on any atom is -0.497 e. The minimum atomic E-state index is 0.160. The number of hydrogen-bond acceptors (Lipinski definition) is 4. The second kappa shape index (κ2) is 6.37. The summed E-state index contributed by atoms with van der Waals surface area (Å²) < 4.78 is 5.25. The Bertz CT molecular complexity index is 558. The second-order valence-corrected chi connectivity index (χ2v) is 6.73. The highest BCUT2D eigenvalue weighted by atomic mass is 32.1. The molecule has 2 aromatic rings. The van der Waals surface area contributed by atoms with E-state index in [0.29, 0.717) is 0 Å². The molecule has 0 aliphatic carbocycles. The van der Waals surface area contributed by atoms with Crippen LogP contribution < -0.4 is 10.1 Å². The molecule has 0 atom stereocenters. The maximum absolute atomic E-state index is 5.25. The van der Waals surface area contributed by atoms with Gasteiger partial charge in [-0.3, -0.25) is 0 Å². The van der Waals surface area contributed by atoms with E-state index in [0.717, 1.165) is 30.0 Å². The van der Waals surface area contributed by atoms with Crippen molar-refractivity contribution in [1.82, 2.24) is 10.3 Å². The molecule has 2 rings (SSSR count). The Morgan fingerprint density at radius 3 is 2.80 bits per heavy atom. The van der Waals surface area contributed by atoms with E-state index in [1.807, 2.05) is 18.2 Å². The quantitative estimate of drug-likeness (QED) is 0.910. The molecule has 4 heteroatoms. The van der Waals surface area contributed by atoms with Crippen molar-refractivity contribution >= 4 is 11.3 Å². The molecule has 1 aromatic heterocycles. The summed E-state index contributed by atoms with van der Waals surface area (Å²) in [5.41, 5.74) is 2.29. The molecule has 0 aliphatic rings. The van der Waals surface area contributed by atoms with Crippen LogP contribution in [-0.2, 0) is 6.42 Å². The van der Waals surface area contributed by atoms with Gasteiger partial charge in [-0.15, -0.1) is 11.3 Å². The number of nitrogens with zero attached hydrogens (tertiary/aromatic N) is 1. The SMILES string of the molecule is COc1cccc(-c2csc(CCNC(C)(C)C)n2)c1. The zero-order valence-corrected chi connectivity index (χ0v) is 13.4. The van der Waals surface area contributed by atoms with E-state index >= 15 is 0 Å². The lowest BCUT2D eigenvalue weighted by molar-refractivity contribution is 0.415. The van der Waals surface area contributed by atoms with Crippen molar-refractivity contribution in [3.05, 3.63) is 34.7 Å². The number of ether oxygens (including phenoxy) is 1. The van der Waals surface area contributed by atoms with Crippen LogP contribution in [0.5, 0.6) is 5.75 Å². The molecule has 1 heterocycles. The van der Waals surface area contributed by atoms with Gasteiger partial charge in [0.05, 0.1) is 17.8 Å². The van der Waals surface area contributed by atoms with Crippen molar-refractivity contribution in [2.75, 3.05) is 13.7 Å². The zero-order valence-electron chi connectivity index (χ0n) is 12.6. The lowest BCUT2D eigenvalue weighted by Crippen LogP contribution is -2.37. The monoisotopic (exact) mass is 290 g/mol. The summed E-state index contributed by atoms with van der Waals surface area (Å²) in [6, 6.07) is 8.03. The molecule has 0 saturated heterocycles. The first-order chi connectivity index (χ1) is 9.48. The molecule has 0 bridgehead atoms. The zero-order chi connectivity index (χ0) is 14.6. The predicted octanol–water partition coefficient (Wildman–Crippen LogP) is 3.75. The van der Waals surface area contributed by atoms with Crippen LogP contribution in [0.25, 0.3) is 11.3 Å². The fraction of sp³-hybridized carbons (Fsp3) is 0.438. The molecular weight excluding hydrogens is 268 g/mol. The molecule has 3 nitrogen and oxygen atoms in total. The van der Waals surface area contributed by atoms with Crippen LogP contribution in [0.2, 0.25) is 0 Å². The summed E-state index contributed by atoms with van der Waals surface area (Å²) >= 11 is 1.72. The van der Waals surface area contributed by atoms with Crippen molar-refractivity contribution in [2.24, 2.45) is 0 Å². The minimum absolute atomic E-state index is 0.160. The molecule has 1 N–H and O–H groups in total. The van der Waals surface area contributed by atoms with Crippen molar-refractivity contribution in [3.8, 4) is 17.0 Å². The molecule has 0 saturated carbocycles. The van der Waals surface area contributed by atoms with E-state index in [1.54, 1.807) is 18.4 Å². The number of rotatable bonds is 5. The lowest BCUT2D eigenvalue weighted by Gasteiger charge is -2.19. The topological polar surface area (TPSA) is 34.1 Å². The largest absolute Gasteiger partial charge is 0.497 e. The van der Waals surface area contributed by atoms with Gasteiger partial charge in [0.25, 0.3) is 0 Å². The Morgan fingerprint density at radius 1 is 1.30 bits per heavy atom. The standard InChI is InChI=1S/C16H22N2OS/c1-16(2,3)17-9-8-15-18-14(11-20-15)12-6-5-7-13(10-12)19-4/h5-7,10-11,17H,8-9H2,1-4H3. The van der Waals surface area contributed by atoms with Gasteiger partial charge < -0.3 is 10.1 Å². The first-order valence-electron chi connectivity index (χ1n) is 6.82. The van der Waals surface area contributed by atoms with Gasteiger partial charge in [-0.2, -0.15) is 0 Å². The third kappa shape index (κ3) is 4.32. The molecule has 0 unspecified atom stereocenters. The molecule has 0 aliphatic heterocycles. The highest BCUT2D eigenvalue weighted by Crippen LogP contribution is 2.25. The van der Waals surface area contributed by atoms with E-state index in [9.17, 15) is 0 Å². The highest BCUT2D eigenvalue weighted by molar-refractivity contribution is 7.09. The van der Waals surface area contributed by atoms with E-state index in [2.05, 4.69) is 37.5 Å². The molecule has 0 spiro atoms. The van der Waals surface area contributed by atoms with E-state index in [1.165, 1.54) is 5.01 Å².